The smallest absolute Gasteiger partial charge is 0.131 e. The number of hydrogen-bond acceptors (Lipinski definition) is 3. The Kier molecular flexibility index (Phi) is 4.46. The molecule has 0 radical (unpaired) electrons. The van der Waals surface area contributed by atoms with Gasteiger partial charge in [0, 0.05) is 24.7 Å². The third-order valence-electron chi connectivity index (χ3n) is 3.46. The summed E-state index contributed by atoms with van der Waals surface area (Å²) in [6.45, 7) is 2.11. The summed E-state index contributed by atoms with van der Waals surface area (Å²) in [6, 6.07) is 4.15. The van der Waals surface area contributed by atoms with Crippen LogP contribution in [-0.2, 0) is 6.54 Å². The van der Waals surface area contributed by atoms with Crippen LogP contribution in [0.3, 0.4) is 0 Å². The molecule has 1 N–H and O–H groups in total. The molecule has 1 atom stereocenters. The fourth-order valence-corrected chi connectivity index (χ4v) is 2.42. The van der Waals surface area contributed by atoms with E-state index in [1.54, 1.807) is 6.07 Å². The van der Waals surface area contributed by atoms with Crippen molar-refractivity contribution in [2.45, 2.75) is 25.4 Å². The molecule has 0 bridgehead atoms. The summed E-state index contributed by atoms with van der Waals surface area (Å²) in [5, 5.41) is 11.8. The molecule has 1 aliphatic rings. The van der Waals surface area contributed by atoms with E-state index in [1.807, 2.05) is 7.05 Å². The Morgan fingerprint density at radius 1 is 1.42 bits per heavy atom. The number of rotatable bonds is 3. The summed E-state index contributed by atoms with van der Waals surface area (Å²) >= 11 is 0. The van der Waals surface area contributed by atoms with Gasteiger partial charge in [0.1, 0.15) is 11.6 Å². The van der Waals surface area contributed by atoms with Crippen LogP contribution >= 0.6 is 0 Å². The lowest BCUT2D eigenvalue weighted by Crippen LogP contribution is -2.43. The fourth-order valence-electron chi connectivity index (χ4n) is 2.42. The van der Waals surface area contributed by atoms with Gasteiger partial charge >= 0.3 is 0 Å². The van der Waals surface area contributed by atoms with E-state index in [0.717, 1.165) is 38.1 Å². The normalized spacial score (nSPS) is 20.2. The molecule has 0 saturated carbocycles. The Balaban J connectivity index is 2.01. The molecule has 0 amide bonds. The average molecular weight is 265 g/mol. The monoisotopic (exact) mass is 265 g/mol. The van der Waals surface area contributed by atoms with Crippen molar-refractivity contribution in [3.63, 3.8) is 0 Å². The highest BCUT2D eigenvalue weighted by atomic mass is 19.1. The predicted molar refractivity (Wildman–Crippen MR) is 68.4 cm³/mol. The Morgan fingerprint density at radius 2 is 2.11 bits per heavy atom. The topological polar surface area (TPSA) is 39.1 Å². The van der Waals surface area contributed by atoms with Crippen molar-refractivity contribution in [3.05, 3.63) is 34.9 Å². The molecule has 0 aromatic heterocycles. The number of likely N-dealkylation sites (N-methyl/N-ethyl adjacent to an activating group) is 1. The molecule has 0 aliphatic carbocycles. The maximum absolute atomic E-state index is 13.7. The lowest BCUT2D eigenvalue weighted by Gasteiger charge is -2.30. The molecule has 19 heavy (non-hydrogen) atoms. The lowest BCUT2D eigenvalue weighted by molar-refractivity contribution is 0.225. The average Bonchev–Trinajstić information content (AvgIpc) is 2.37. The zero-order valence-electron chi connectivity index (χ0n) is 10.9. The molecular formula is C14H17F2N3. The van der Waals surface area contributed by atoms with Crippen molar-refractivity contribution in [2.75, 3.05) is 20.1 Å². The Morgan fingerprint density at radius 3 is 2.68 bits per heavy atom. The first-order valence-corrected chi connectivity index (χ1v) is 6.40. The molecule has 1 saturated heterocycles. The van der Waals surface area contributed by atoms with E-state index in [-0.39, 0.29) is 23.7 Å². The Bertz CT molecular complexity index is 473. The van der Waals surface area contributed by atoms with Crippen molar-refractivity contribution >= 4 is 0 Å². The lowest BCUT2D eigenvalue weighted by atomic mass is 10.1. The second kappa shape index (κ2) is 6.09. The van der Waals surface area contributed by atoms with Crippen LogP contribution in [-0.4, -0.2) is 31.1 Å². The molecule has 3 nitrogen and oxygen atoms in total. The van der Waals surface area contributed by atoms with Gasteiger partial charge in [-0.3, -0.25) is 0 Å². The van der Waals surface area contributed by atoms with Crippen molar-refractivity contribution < 1.29 is 8.78 Å². The number of halogens is 2. The third kappa shape index (κ3) is 3.49. The number of hydrogen-bond donors (Lipinski definition) is 1. The molecule has 0 spiro atoms. The van der Waals surface area contributed by atoms with E-state index >= 15 is 0 Å². The molecule has 5 heteroatoms. The second-order valence-electron chi connectivity index (χ2n) is 5.01. The second-order valence-corrected chi connectivity index (χ2v) is 5.01. The minimum absolute atomic E-state index is 0.00669. The molecule has 1 fully saturated rings. The first kappa shape index (κ1) is 13.9. The van der Waals surface area contributed by atoms with E-state index in [4.69, 9.17) is 5.26 Å². The van der Waals surface area contributed by atoms with Crippen LogP contribution in [0.5, 0.6) is 0 Å². The number of benzene rings is 1. The van der Waals surface area contributed by atoms with Crippen LogP contribution < -0.4 is 5.32 Å². The van der Waals surface area contributed by atoms with Gasteiger partial charge in [0.15, 0.2) is 0 Å². The molecule has 1 heterocycles. The highest BCUT2D eigenvalue weighted by molar-refractivity contribution is 5.34. The van der Waals surface area contributed by atoms with Crippen LogP contribution in [0.15, 0.2) is 12.1 Å². The van der Waals surface area contributed by atoms with Crippen molar-refractivity contribution in [1.29, 1.82) is 5.26 Å². The summed E-state index contributed by atoms with van der Waals surface area (Å²) in [5.74, 6) is -1.32. The summed E-state index contributed by atoms with van der Waals surface area (Å²) in [7, 11) is 2.04. The molecule has 1 unspecified atom stereocenters. The van der Waals surface area contributed by atoms with Crippen LogP contribution in [0, 0.1) is 23.0 Å². The summed E-state index contributed by atoms with van der Waals surface area (Å²) < 4.78 is 27.4. The van der Waals surface area contributed by atoms with E-state index in [9.17, 15) is 8.78 Å². The van der Waals surface area contributed by atoms with E-state index in [0.29, 0.717) is 0 Å². The minimum Gasteiger partial charge on any atom is -0.308 e. The van der Waals surface area contributed by atoms with Crippen molar-refractivity contribution in [3.8, 4) is 6.07 Å². The van der Waals surface area contributed by atoms with Gasteiger partial charge < -0.3 is 10.2 Å². The van der Waals surface area contributed by atoms with Crippen molar-refractivity contribution in [1.82, 2.24) is 10.2 Å². The van der Waals surface area contributed by atoms with Gasteiger partial charge in [-0.2, -0.15) is 5.26 Å². The Hall–Kier alpha value is -1.51. The zero-order chi connectivity index (χ0) is 13.8. The largest absolute Gasteiger partial charge is 0.308 e. The van der Waals surface area contributed by atoms with Gasteiger partial charge in [0.05, 0.1) is 11.6 Å². The molecular weight excluding hydrogens is 248 g/mol. The molecule has 1 aliphatic heterocycles. The maximum atomic E-state index is 13.7. The van der Waals surface area contributed by atoms with Gasteiger partial charge in [0.2, 0.25) is 0 Å². The van der Waals surface area contributed by atoms with Crippen LogP contribution in [0.2, 0.25) is 0 Å². The first-order chi connectivity index (χ1) is 9.10. The first-order valence-electron chi connectivity index (χ1n) is 6.40. The zero-order valence-corrected chi connectivity index (χ0v) is 10.9. The van der Waals surface area contributed by atoms with E-state index in [2.05, 4.69) is 10.2 Å². The number of piperidine rings is 1. The fraction of sp³-hybridized carbons (Fsp3) is 0.500. The van der Waals surface area contributed by atoms with Crippen LogP contribution in [0.25, 0.3) is 0 Å². The Labute approximate surface area is 111 Å². The summed E-state index contributed by atoms with van der Waals surface area (Å²) in [6.07, 6.45) is 2.11. The van der Waals surface area contributed by atoms with E-state index in [1.165, 1.54) is 0 Å². The van der Waals surface area contributed by atoms with E-state index < -0.39 is 11.6 Å². The summed E-state index contributed by atoms with van der Waals surface area (Å²) in [4.78, 5) is 2.20. The molecule has 2 rings (SSSR count). The standard InChI is InChI=1S/C14H17F2N3/c1-19-4-2-3-11(9-19)18-8-12-13(15)5-10(7-17)6-14(12)16/h5-6,11,18H,2-4,8-9H2,1H3. The highest BCUT2D eigenvalue weighted by Gasteiger charge is 2.18. The quantitative estimate of drug-likeness (QED) is 0.908. The number of likely N-dealkylation sites (tertiary alicyclic amines) is 1. The van der Waals surface area contributed by atoms with Crippen LogP contribution in [0.1, 0.15) is 24.0 Å². The van der Waals surface area contributed by atoms with Gasteiger partial charge in [-0.05, 0) is 38.6 Å². The molecule has 1 aromatic carbocycles. The maximum Gasteiger partial charge on any atom is 0.131 e. The van der Waals surface area contributed by atoms with Gasteiger partial charge in [-0.1, -0.05) is 0 Å². The molecule has 1 aromatic rings. The number of nitrogens with one attached hydrogen (secondary N) is 1. The van der Waals surface area contributed by atoms with Gasteiger partial charge in [-0.25, -0.2) is 8.78 Å². The SMILES string of the molecule is CN1CCCC(NCc2c(F)cc(C#N)cc2F)C1. The highest BCUT2D eigenvalue weighted by Crippen LogP contribution is 2.16. The molecule has 102 valence electrons. The van der Waals surface area contributed by atoms with Crippen LogP contribution in [0.4, 0.5) is 8.78 Å². The number of nitrogens with zero attached hydrogens (tertiary/aromatic N) is 2. The number of nitriles is 1. The summed E-state index contributed by atoms with van der Waals surface area (Å²) in [5.41, 5.74) is 0.0170. The van der Waals surface area contributed by atoms with Crippen molar-refractivity contribution in [2.24, 2.45) is 0 Å². The minimum atomic E-state index is -0.659. The van der Waals surface area contributed by atoms with Gasteiger partial charge in [-0.15, -0.1) is 0 Å². The van der Waals surface area contributed by atoms with Gasteiger partial charge in [0.25, 0.3) is 0 Å². The third-order valence-corrected chi connectivity index (χ3v) is 3.46. The predicted octanol–water partition coefficient (Wildman–Crippen LogP) is 2.02.